The van der Waals surface area contributed by atoms with Gasteiger partial charge in [-0.05, 0) is 57.2 Å². The van der Waals surface area contributed by atoms with Crippen molar-refractivity contribution in [3.63, 3.8) is 0 Å². The molecule has 2 rings (SSSR count). The van der Waals surface area contributed by atoms with Gasteiger partial charge in [-0.25, -0.2) is 4.39 Å². The van der Waals surface area contributed by atoms with Crippen molar-refractivity contribution >= 4 is 0 Å². The van der Waals surface area contributed by atoms with E-state index >= 15 is 0 Å². The highest BCUT2D eigenvalue weighted by Crippen LogP contribution is 2.34. The first kappa shape index (κ1) is 16.2. The van der Waals surface area contributed by atoms with Crippen molar-refractivity contribution in [2.75, 3.05) is 20.8 Å². The Labute approximate surface area is 126 Å². The average molecular weight is 295 g/mol. The molecule has 1 unspecified atom stereocenters. The van der Waals surface area contributed by atoms with Gasteiger partial charge in [-0.3, -0.25) is 0 Å². The van der Waals surface area contributed by atoms with Crippen molar-refractivity contribution in [2.24, 2.45) is 5.92 Å². The molecule has 0 saturated heterocycles. The van der Waals surface area contributed by atoms with Gasteiger partial charge in [-0.15, -0.1) is 0 Å². The number of benzene rings is 1. The lowest BCUT2D eigenvalue weighted by molar-refractivity contribution is -0.0288. The fourth-order valence-electron chi connectivity index (χ4n) is 3.08. The summed E-state index contributed by atoms with van der Waals surface area (Å²) in [5.74, 6) is 0.774. The molecule has 0 amide bonds. The molecular weight excluding hydrogens is 269 g/mol. The smallest absolute Gasteiger partial charge is 0.168 e. The van der Waals surface area contributed by atoms with Crippen LogP contribution in [-0.4, -0.2) is 32.9 Å². The minimum atomic E-state index is -0.235. The van der Waals surface area contributed by atoms with Crippen LogP contribution in [0, 0.1) is 11.7 Å². The van der Waals surface area contributed by atoms with Crippen LogP contribution in [0.1, 0.15) is 31.7 Å². The predicted molar refractivity (Wildman–Crippen MR) is 82.3 cm³/mol. The Bertz CT molecular complexity index is 446. The third-order valence-electron chi connectivity index (χ3n) is 4.35. The molecule has 3 nitrogen and oxygen atoms in total. The maximum Gasteiger partial charge on any atom is 0.168 e. The number of nitrogens with one attached hydrogen (secondary N) is 1. The standard InChI is InChI=1S/C17H26FNO2/c1-4-21-15-9-12(10-15)8-14(19-2)11-13-6-5-7-16(20-3)17(13)18/h5-7,12,14-15,19H,4,8-11H2,1-3H3. The summed E-state index contributed by atoms with van der Waals surface area (Å²) >= 11 is 0. The van der Waals surface area contributed by atoms with E-state index in [1.807, 2.05) is 26.1 Å². The van der Waals surface area contributed by atoms with Crippen molar-refractivity contribution < 1.29 is 13.9 Å². The molecule has 1 aliphatic carbocycles. The highest BCUT2D eigenvalue weighted by Gasteiger charge is 2.31. The van der Waals surface area contributed by atoms with Crippen LogP contribution in [0.2, 0.25) is 0 Å². The fourth-order valence-corrected chi connectivity index (χ4v) is 3.08. The molecule has 1 saturated carbocycles. The summed E-state index contributed by atoms with van der Waals surface area (Å²) in [7, 11) is 3.45. The molecule has 1 aromatic carbocycles. The molecule has 21 heavy (non-hydrogen) atoms. The number of likely N-dealkylation sites (N-methyl/N-ethyl adjacent to an activating group) is 1. The van der Waals surface area contributed by atoms with Gasteiger partial charge in [-0.1, -0.05) is 12.1 Å². The lowest BCUT2D eigenvalue weighted by Crippen LogP contribution is -2.38. The lowest BCUT2D eigenvalue weighted by Gasteiger charge is -2.37. The zero-order chi connectivity index (χ0) is 15.2. The second kappa shape index (κ2) is 7.76. The molecule has 0 aromatic heterocycles. The summed E-state index contributed by atoms with van der Waals surface area (Å²) in [5, 5.41) is 3.31. The number of methoxy groups -OCH3 is 1. The van der Waals surface area contributed by atoms with Gasteiger partial charge in [0.2, 0.25) is 0 Å². The van der Waals surface area contributed by atoms with Crippen LogP contribution in [0.5, 0.6) is 5.75 Å². The molecule has 1 atom stereocenters. The Morgan fingerprint density at radius 2 is 2.14 bits per heavy atom. The summed E-state index contributed by atoms with van der Waals surface area (Å²) in [6, 6.07) is 5.63. The molecule has 1 fully saturated rings. The fraction of sp³-hybridized carbons (Fsp3) is 0.647. The Balaban J connectivity index is 1.88. The van der Waals surface area contributed by atoms with E-state index in [9.17, 15) is 4.39 Å². The summed E-state index contributed by atoms with van der Waals surface area (Å²) in [5.41, 5.74) is 0.717. The molecule has 0 aliphatic heterocycles. The lowest BCUT2D eigenvalue weighted by atomic mass is 9.77. The number of hydrogen-bond acceptors (Lipinski definition) is 3. The van der Waals surface area contributed by atoms with Gasteiger partial charge in [0.05, 0.1) is 13.2 Å². The monoisotopic (exact) mass is 295 g/mol. The largest absolute Gasteiger partial charge is 0.494 e. The molecular formula is C17H26FNO2. The SMILES string of the molecule is CCOC1CC(CC(Cc2cccc(OC)c2F)NC)C1. The second-order valence-corrected chi connectivity index (χ2v) is 5.77. The van der Waals surface area contributed by atoms with Gasteiger partial charge in [0.1, 0.15) is 0 Å². The normalized spacial score (nSPS) is 22.7. The van der Waals surface area contributed by atoms with E-state index in [0.717, 1.165) is 31.4 Å². The number of halogens is 1. The topological polar surface area (TPSA) is 30.5 Å². The molecule has 0 heterocycles. The Kier molecular flexibility index (Phi) is 6.00. The molecule has 0 radical (unpaired) electrons. The molecule has 4 heteroatoms. The minimum Gasteiger partial charge on any atom is -0.494 e. The molecule has 1 aromatic rings. The van der Waals surface area contributed by atoms with E-state index < -0.39 is 0 Å². The predicted octanol–water partition coefficient (Wildman–Crippen LogP) is 3.17. The van der Waals surface area contributed by atoms with Crippen LogP contribution in [0.3, 0.4) is 0 Å². The first-order valence-electron chi connectivity index (χ1n) is 7.78. The van der Waals surface area contributed by atoms with Crippen molar-refractivity contribution in [3.8, 4) is 5.75 Å². The quantitative estimate of drug-likeness (QED) is 0.799. The first-order chi connectivity index (χ1) is 10.2. The molecule has 0 spiro atoms. The van der Waals surface area contributed by atoms with Crippen molar-refractivity contribution in [1.82, 2.24) is 5.32 Å². The maximum absolute atomic E-state index is 14.2. The maximum atomic E-state index is 14.2. The highest BCUT2D eigenvalue weighted by atomic mass is 19.1. The van der Waals surface area contributed by atoms with E-state index in [4.69, 9.17) is 9.47 Å². The van der Waals surface area contributed by atoms with Gasteiger partial charge < -0.3 is 14.8 Å². The van der Waals surface area contributed by atoms with Crippen LogP contribution >= 0.6 is 0 Å². The second-order valence-electron chi connectivity index (χ2n) is 5.77. The Morgan fingerprint density at radius 1 is 1.38 bits per heavy atom. The van der Waals surface area contributed by atoms with Gasteiger partial charge >= 0.3 is 0 Å². The van der Waals surface area contributed by atoms with Crippen LogP contribution in [0.25, 0.3) is 0 Å². The van der Waals surface area contributed by atoms with Crippen molar-refractivity contribution in [3.05, 3.63) is 29.6 Å². The Hall–Kier alpha value is -1.13. The molecule has 0 bridgehead atoms. The third kappa shape index (κ3) is 4.17. The summed E-state index contributed by atoms with van der Waals surface area (Å²) in [4.78, 5) is 0. The van der Waals surface area contributed by atoms with E-state index in [2.05, 4.69) is 5.32 Å². The van der Waals surface area contributed by atoms with Gasteiger partial charge in [0, 0.05) is 12.6 Å². The molecule has 1 aliphatic rings. The summed E-state index contributed by atoms with van der Waals surface area (Å²) < 4.78 is 24.8. The van der Waals surface area contributed by atoms with Crippen LogP contribution in [0.15, 0.2) is 18.2 Å². The van der Waals surface area contributed by atoms with Crippen LogP contribution in [-0.2, 0) is 11.2 Å². The van der Waals surface area contributed by atoms with Crippen LogP contribution < -0.4 is 10.1 Å². The zero-order valence-electron chi connectivity index (χ0n) is 13.2. The third-order valence-corrected chi connectivity index (χ3v) is 4.35. The molecule has 1 N–H and O–H groups in total. The zero-order valence-corrected chi connectivity index (χ0v) is 13.2. The average Bonchev–Trinajstić information content (AvgIpc) is 2.45. The summed E-state index contributed by atoms with van der Waals surface area (Å²) in [6.45, 7) is 2.83. The van der Waals surface area contributed by atoms with E-state index in [1.54, 1.807) is 6.07 Å². The van der Waals surface area contributed by atoms with E-state index in [0.29, 0.717) is 30.2 Å². The van der Waals surface area contributed by atoms with Gasteiger partial charge in [0.25, 0.3) is 0 Å². The molecule has 118 valence electrons. The first-order valence-corrected chi connectivity index (χ1v) is 7.78. The van der Waals surface area contributed by atoms with Crippen molar-refractivity contribution in [1.29, 1.82) is 0 Å². The minimum absolute atomic E-state index is 0.235. The number of hydrogen-bond donors (Lipinski definition) is 1. The van der Waals surface area contributed by atoms with Gasteiger partial charge in [0.15, 0.2) is 11.6 Å². The van der Waals surface area contributed by atoms with Gasteiger partial charge in [-0.2, -0.15) is 0 Å². The van der Waals surface area contributed by atoms with Crippen LogP contribution in [0.4, 0.5) is 4.39 Å². The highest BCUT2D eigenvalue weighted by molar-refractivity contribution is 5.31. The van der Waals surface area contributed by atoms with E-state index in [-0.39, 0.29) is 5.82 Å². The number of ether oxygens (including phenoxy) is 2. The number of rotatable bonds is 8. The van der Waals surface area contributed by atoms with Crippen molar-refractivity contribution in [2.45, 2.75) is 44.8 Å². The van der Waals surface area contributed by atoms with E-state index in [1.165, 1.54) is 7.11 Å². The summed E-state index contributed by atoms with van der Waals surface area (Å²) in [6.07, 6.45) is 4.46. The Morgan fingerprint density at radius 3 is 2.76 bits per heavy atom.